The summed E-state index contributed by atoms with van der Waals surface area (Å²) in [5, 5.41) is 0. The lowest BCUT2D eigenvalue weighted by atomic mass is 10.2. The number of nitrogens with zero attached hydrogens (tertiary/aromatic N) is 1. The molecule has 2 rings (SSSR count). The van der Waals surface area contributed by atoms with Crippen molar-refractivity contribution in [3.8, 4) is 0 Å². The summed E-state index contributed by atoms with van der Waals surface area (Å²) in [6, 6.07) is 5.36. The third kappa shape index (κ3) is 3.93. The lowest BCUT2D eigenvalue weighted by molar-refractivity contribution is -0.149. The SMILES string of the molecule is CCOC(=O)[C@H]1CC(OC(C)=O)CN1S(=O)(=O)c1ccc(C)cc1. The summed E-state index contributed by atoms with van der Waals surface area (Å²) in [4.78, 5) is 23.4. The number of rotatable bonds is 5. The van der Waals surface area contributed by atoms with Crippen molar-refractivity contribution in [1.29, 1.82) is 0 Å². The third-order valence-corrected chi connectivity index (χ3v) is 5.63. The van der Waals surface area contributed by atoms with E-state index in [2.05, 4.69) is 0 Å². The van der Waals surface area contributed by atoms with E-state index >= 15 is 0 Å². The Hall–Kier alpha value is -1.93. The van der Waals surface area contributed by atoms with Gasteiger partial charge < -0.3 is 9.47 Å². The van der Waals surface area contributed by atoms with Crippen LogP contribution in [0.4, 0.5) is 0 Å². The van der Waals surface area contributed by atoms with E-state index in [9.17, 15) is 18.0 Å². The van der Waals surface area contributed by atoms with Crippen molar-refractivity contribution >= 4 is 22.0 Å². The molecule has 1 saturated heterocycles. The van der Waals surface area contributed by atoms with E-state index in [4.69, 9.17) is 9.47 Å². The van der Waals surface area contributed by atoms with Gasteiger partial charge in [0.05, 0.1) is 18.0 Å². The van der Waals surface area contributed by atoms with Crippen LogP contribution in [0.25, 0.3) is 0 Å². The predicted octanol–water partition coefficient (Wildman–Crippen LogP) is 1.25. The van der Waals surface area contributed by atoms with Crippen molar-refractivity contribution in [2.75, 3.05) is 13.2 Å². The minimum atomic E-state index is -3.90. The first kappa shape index (κ1) is 18.4. The van der Waals surface area contributed by atoms with Gasteiger partial charge in [-0.2, -0.15) is 4.31 Å². The van der Waals surface area contributed by atoms with Gasteiger partial charge in [0.2, 0.25) is 10.0 Å². The molecule has 132 valence electrons. The average molecular weight is 355 g/mol. The van der Waals surface area contributed by atoms with Crippen LogP contribution in [-0.4, -0.2) is 50.0 Å². The van der Waals surface area contributed by atoms with Crippen molar-refractivity contribution in [3.63, 3.8) is 0 Å². The highest BCUT2D eigenvalue weighted by Gasteiger charge is 2.46. The van der Waals surface area contributed by atoms with E-state index in [1.165, 1.54) is 19.1 Å². The molecule has 0 spiro atoms. The largest absolute Gasteiger partial charge is 0.465 e. The minimum absolute atomic E-state index is 0.0702. The van der Waals surface area contributed by atoms with Gasteiger partial charge in [-0.25, -0.2) is 8.42 Å². The molecular formula is C16H21NO6S. The lowest BCUT2D eigenvalue weighted by Gasteiger charge is -2.22. The molecule has 2 atom stereocenters. The van der Waals surface area contributed by atoms with Crippen molar-refractivity contribution in [2.24, 2.45) is 0 Å². The van der Waals surface area contributed by atoms with Crippen molar-refractivity contribution in [2.45, 2.75) is 44.2 Å². The average Bonchev–Trinajstić information content (AvgIpc) is 2.92. The molecular weight excluding hydrogens is 334 g/mol. The zero-order valence-electron chi connectivity index (χ0n) is 13.9. The number of hydrogen-bond acceptors (Lipinski definition) is 6. The van der Waals surface area contributed by atoms with Crippen molar-refractivity contribution in [3.05, 3.63) is 29.8 Å². The second-order valence-electron chi connectivity index (χ2n) is 5.62. The van der Waals surface area contributed by atoms with Crippen molar-refractivity contribution in [1.82, 2.24) is 4.31 Å². The molecule has 0 N–H and O–H groups in total. The highest BCUT2D eigenvalue weighted by atomic mass is 32.2. The van der Waals surface area contributed by atoms with Gasteiger partial charge in [-0.15, -0.1) is 0 Å². The van der Waals surface area contributed by atoms with Gasteiger partial charge in [-0.1, -0.05) is 17.7 Å². The molecule has 1 heterocycles. The molecule has 0 aliphatic carbocycles. The monoisotopic (exact) mass is 355 g/mol. The minimum Gasteiger partial charge on any atom is -0.465 e. The van der Waals surface area contributed by atoms with Crippen LogP contribution in [0.15, 0.2) is 29.2 Å². The van der Waals surface area contributed by atoms with E-state index in [1.54, 1.807) is 19.1 Å². The van der Waals surface area contributed by atoms with Gasteiger partial charge in [0, 0.05) is 13.3 Å². The standard InChI is InChI=1S/C16H21NO6S/c1-4-22-16(19)15-9-13(23-12(3)18)10-17(15)24(20,21)14-7-5-11(2)6-8-14/h5-8,13,15H,4,9-10H2,1-3H3/t13?,15-/m1/s1. The van der Waals surface area contributed by atoms with Crippen LogP contribution < -0.4 is 0 Å². The smallest absolute Gasteiger partial charge is 0.324 e. The Balaban J connectivity index is 2.33. The molecule has 0 saturated carbocycles. The fourth-order valence-electron chi connectivity index (χ4n) is 2.65. The Kier molecular flexibility index (Phi) is 5.61. The molecule has 0 amide bonds. The van der Waals surface area contributed by atoms with Gasteiger partial charge in [-0.05, 0) is 26.0 Å². The van der Waals surface area contributed by atoms with Crippen LogP contribution in [0.2, 0.25) is 0 Å². The number of benzene rings is 1. The summed E-state index contributed by atoms with van der Waals surface area (Å²) in [5.41, 5.74) is 0.926. The molecule has 1 aliphatic rings. The molecule has 24 heavy (non-hydrogen) atoms. The maximum atomic E-state index is 12.9. The summed E-state index contributed by atoms with van der Waals surface area (Å²) in [5.74, 6) is -1.15. The highest BCUT2D eigenvalue weighted by molar-refractivity contribution is 7.89. The number of hydrogen-bond donors (Lipinski definition) is 0. The molecule has 1 unspecified atom stereocenters. The van der Waals surface area contributed by atoms with E-state index in [1.807, 2.05) is 6.92 Å². The van der Waals surface area contributed by atoms with Crippen LogP contribution in [0.5, 0.6) is 0 Å². The second-order valence-corrected chi connectivity index (χ2v) is 7.51. The second kappa shape index (κ2) is 7.31. The van der Waals surface area contributed by atoms with Gasteiger partial charge >= 0.3 is 11.9 Å². The Morgan fingerprint density at radius 1 is 1.25 bits per heavy atom. The maximum absolute atomic E-state index is 12.9. The molecule has 8 heteroatoms. The summed E-state index contributed by atoms with van der Waals surface area (Å²) in [7, 11) is -3.90. The molecule has 1 aromatic carbocycles. The number of ether oxygens (including phenoxy) is 2. The summed E-state index contributed by atoms with van der Waals surface area (Å²) < 4.78 is 36.9. The fourth-order valence-corrected chi connectivity index (χ4v) is 4.27. The molecule has 0 bridgehead atoms. The topological polar surface area (TPSA) is 90.0 Å². The van der Waals surface area contributed by atoms with Gasteiger partial charge in [-0.3, -0.25) is 9.59 Å². The van der Waals surface area contributed by atoms with Gasteiger partial charge in [0.25, 0.3) is 0 Å². The number of esters is 2. The summed E-state index contributed by atoms with van der Waals surface area (Å²) in [6.45, 7) is 4.82. The first-order chi connectivity index (χ1) is 11.3. The molecule has 1 aromatic rings. The van der Waals surface area contributed by atoms with Crippen LogP contribution in [0.1, 0.15) is 25.8 Å². The summed E-state index contributed by atoms with van der Waals surface area (Å²) >= 11 is 0. The fraction of sp³-hybridized carbons (Fsp3) is 0.500. The Morgan fingerprint density at radius 2 is 1.88 bits per heavy atom. The van der Waals surface area contributed by atoms with Gasteiger partial charge in [0.15, 0.2) is 0 Å². The maximum Gasteiger partial charge on any atom is 0.324 e. The third-order valence-electron chi connectivity index (χ3n) is 3.74. The highest BCUT2D eigenvalue weighted by Crippen LogP contribution is 2.29. The normalized spacial score (nSPS) is 21.5. The van der Waals surface area contributed by atoms with Crippen LogP contribution in [-0.2, 0) is 29.1 Å². The molecule has 0 radical (unpaired) electrons. The Bertz CT molecular complexity index is 713. The van der Waals surface area contributed by atoms with E-state index in [0.29, 0.717) is 0 Å². The predicted molar refractivity (Wildman–Crippen MR) is 85.7 cm³/mol. The molecule has 1 fully saturated rings. The number of sulfonamides is 1. The first-order valence-corrected chi connectivity index (χ1v) is 9.12. The van der Waals surface area contributed by atoms with Crippen LogP contribution in [0, 0.1) is 6.92 Å². The van der Waals surface area contributed by atoms with Gasteiger partial charge in [0.1, 0.15) is 12.1 Å². The first-order valence-electron chi connectivity index (χ1n) is 7.68. The van der Waals surface area contributed by atoms with E-state index in [-0.39, 0.29) is 24.5 Å². The Labute approximate surface area is 141 Å². The Morgan fingerprint density at radius 3 is 2.42 bits per heavy atom. The lowest BCUT2D eigenvalue weighted by Crippen LogP contribution is -2.41. The molecule has 7 nitrogen and oxygen atoms in total. The van der Waals surface area contributed by atoms with Crippen LogP contribution >= 0.6 is 0 Å². The zero-order chi connectivity index (χ0) is 17.9. The number of carbonyl (C=O) groups excluding carboxylic acids is 2. The molecule has 0 aromatic heterocycles. The number of aryl methyl sites for hydroxylation is 1. The quantitative estimate of drug-likeness (QED) is 0.739. The van der Waals surface area contributed by atoms with E-state index < -0.39 is 34.1 Å². The van der Waals surface area contributed by atoms with E-state index in [0.717, 1.165) is 9.87 Å². The zero-order valence-corrected chi connectivity index (χ0v) is 14.7. The van der Waals surface area contributed by atoms with Crippen molar-refractivity contribution < 1.29 is 27.5 Å². The summed E-state index contributed by atoms with van der Waals surface area (Å²) in [6.07, 6.45) is -0.583. The number of carbonyl (C=O) groups is 2. The molecule has 1 aliphatic heterocycles. The van der Waals surface area contributed by atoms with Crippen LogP contribution in [0.3, 0.4) is 0 Å².